The summed E-state index contributed by atoms with van der Waals surface area (Å²) in [5, 5.41) is 9.92. The maximum absolute atomic E-state index is 11.3. The van der Waals surface area contributed by atoms with Crippen molar-refractivity contribution in [3.63, 3.8) is 0 Å². The van der Waals surface area contributed by atoms with Gasteiger partial charge in [0, 0.05) is 5.02 Å². The lowest BCUT2D eigenvalue weighted by Gasteiger charge is -2.26. The zero-order valence-corrected chi connectivity index (χ0v) is 10.9. The molecule has 1 N–H and O–H groups in total. The third-order valence-electron chi connectivity index (χ3n) is 2.88. The average Bonchev–Trinajstić information content (AvgIpc) is 2.31. The van der Waals surface area contributed by atoms with E-state index in [9.17, 15) is 9.90 Å². The van der Waals surface area contributed by atoms with Crippen LogP contribution in [-0.4, -0.2) is 35.1 Å². The molecule has 0 fully saturated rings. The topological polar surface area (TPSA) is 40.5 Å². The van der Waals surface area contributed by atoms with Gasteiger partial charge >= 0.3 is 5.97 Å². The molecule has 4 heteroatoms. The van der Waals surface area contributed by atoms with Gasteiger partial charge in [-0.3, -0.25) is 9.69 Å². The maximum Gasteiger partial charge on any atom is 0.321 e. The van der Waals surface area contributed by atoms with Crippen molar-refractivity contribution in [3.05, 3.63) is 34.9 Å². The smallest absolute Gasteiger partial charge is 0.321 e. The Morgan fingerprint density at radius 1 is 1.29 bits per heavy atom. The van der Waals surface area contributed by atoms with E-state index in [0.717, 1.165) is 18.7 Å². The Kier molecular flexibility index (Phi) is 5.45. The second-order valence-corrected chi connectivity index (χ2v) is 4.34. The number of likely N-dealkylation sites (N-methyl/N-ethyl adjacent to an activating group) is 1. The van der Waals surface area contributed by atoms with Crippen LogP contribution in [0.3, 0.4) is 0 Å². The van der Waals surface area contributed by atoms with E-state index in [1.165, 1.54) is 0 Å². The van der Waals surface area contributed by atoms with Gasteiger partial charge in [-0.2, -0.15) is 0 Å². The summed E-state index contributed by atoms with van der Waals surface area (Å²) in [6.45, 7) is 5.42. The minimum absolute atomic E-state index is 0.467. The van der Waals surface area contributed by atoms with Crippen molar-refractivity contribution in [2.75, 3.05) is 13.1 Å². The van der Waals surface area contributed by atoms with E-state index in [-0.39, 0.29) is 0 Å². The van der Waals surface area contributed by atoms with Gasteiger partial charge in [-0.05, 0) is 37.2 Å². The third-order valence-corrected chi connectivity index (χ3v) is 3.13. The van der Waals surface area contributed by atoms with Crippen molar-refractivity contribution in [2.24, 2.45) is 0 Å². The van der Waals surface area contributed by atoms with Gasteiger partial charge in [-0.1, -0.05) is 37.6 Å². The van der Waals surface area contributed by atoms with Crippen molar-refractivity contribution < 1.29 is 9.90 Å². The predicted octanol–water partition coefficient (Wildman–Crippen LogP) is 2.68. The predicted molar refractivity (Wildman–Crippen MR) is 69.5 cm³/mol. The third kappa shape index (κ3) is 4.02. The first kappa shape index (κ1) is 14.0. The van der Waals surface area contributed by atoms with Crippen molar-refractivity contribution in [1.29, 1.82) is 0 Å². The lowest BCUT2D eigenvalue weighted by Crippen LogP contribution is -2.42. The van der Waals surface area contributed by atoms with Crippen molar-refractivity contribution in [2.45, 2.75) is 26.3 Å². The number of nitrogens with zero attached hydrogens (tertiary/aromatic N) is 1. The fraction of sp³-hybridized carbons (Fsp3) is 0.462. The summed E-state index contributed by atoms with van der Waals surface area (Å²) in [5.41, 5.74) is 0.994. The van der Waals surface area contributed by atoms with E-state index < -0.39 is 12.0 Å². The quantitative estimate of drug-likeness (QED) is 0.850. The van der Waals surface area contributed by atoms with Gasteiger partial charge in [0.15, 0.2) is 0 Å². The molecule has 0 heterocycles. The lowest BCUT2D eigenvalue weighted by molar-refractivity contribution is -0.143. The monoisotopic (exact) mass is 255 g/mol. The van der Waals surface area contributed by atoms with Crippen LogP contribution >= 0.6 is 11.6 Å². The van der Waals surface area contributed by atoms with Crippen LogP contribution in [0.2, 0.25) is 5.02 Å². The van der Waals surface area contributed by atoms with Gasteiger partial charge in [0.05, 0.1) is 0 Å². The van der Waals surface area contributed by atoms with Crippen molar-refractivity contribution >= 4 is 17.6 Å². The largest absolute Gasteiger partial charge is 0.480 e. The number of hydrogen-bond acceptors (Lipinski definition) is 2. The van der Waals surface area contributed by atoms with Gasteiger partial charge < -0.3 is 5.11 Å². The second-order valence-electron chi connectivity index (χ2n) is 3.91. The molecule has 17 heavy (non-hydrogen) atoms. The minimum atomic E-state index is -0.774. The molecule has 3 nitrogen and oxygen atoms in total. The number of aliphatic carboxylic acids is 1. The van der Waals surface area contributed by atoms with E-state index in [1.807, 2.05) is 30.9 Å². The average molecular weight is 256 g/mol. The lowest BCUT2D eigenvalue weighted by atomic mass is 10.0. The Morgan fingerprint density at radius 2 is 1.82 bits per heavy atom. The highest BCUT2D eigenvalue weighted by Crippen LogP contribution is 2.13. The first-order chi connectivity index (χ1) is 8.08. The standard InChI is InChI=1S/C13H18ClNO2/c1-3-15(4-2)12(13(16)17)9-10-5-7-11(14)8-6-10/h5-8,12H,3-4,9H2,1-2H3,(H,16,17). The first-order valence-corrected chi connectivity index (χ1v) is 6.17. The second kappa shape index (κ2) is 6.62. The van der Waals surface area contributed by atoms with Crippen LogP contribution in [0.15, 0.2) is 24.3 Å². The van der Waals surface area contributed by atoms with Gasteiger partial charge in [0.25, 0.3) is 0 Å². The highest BCUT2D eigenvalue weighted by Gasteiger charge is 2.23. The molecule has 0 bridgehead atoms. The minimum Gasteiger partial charge on any atom is -0.480 e. The maximum atomic E-state index is 11.3. The SMILES string of the molecule is CCN(CC)C(Cc1ccc(Cl)cc1)C(=O)O. The van der Waals surface area contributed by atoms with Crippen LogP contribution in [0, 0.1) is 0 Å². The van der Waals surface area contributed by atoms with Crippen molar-refractivity contribution in [3.8, 4) is 0 Å². The Morgan fingerprint density at radius 3 is 2.24 bits per heavy atom. The molecule has 1 atom stereocenters. The van der Waals surface area contributed by atoms with Gasteiger partial charge in [0.2, 0.25) is 0 Å². The van der Waals surface area contributed by atoms with E-state index in [4.69, 9.17) is 11.6 Å². The fourth-order valence-corrected chi connectivity index (χ4v) is 2.01. The van der Waals surface area contributed by atoms with E-state index >= 15 is 0 Å². The first-order valence-electron chi connectivity index (χ1n) is 5.79. The highest BCUT2D eigenvalue weighted by molar-refractivity contribution is 6.30. The molecule has 0 saturated carbocycles. The van der Waals surface area contributed by atoms with Crippen LogP contribution in [0.5, 0.6) is 0 Å². The molecule has 1 unspecified atom stereocenters. The van der Waals surface area contributed by atoms with E-state index in [0.29, 0.717) is 11.4 Å². The van der Waals surface area contributed by atoms with E-state index in [1.54, 1.807) is 12.1 Å². The summed E-state index contributed by atoms with van der Waals surface area (Å²) in [4.78, 5) is 13.2. The Bertz CT molecular complexity index is 360. The van der Waals surface area contributed by atoms with Crippen LogP contribution < -0.4 is 0 Å². The summed E-state index contributed by atoms with van der Waals surface area (Å²) in [6, 6.07) is 6.87. The number of halogens is 1. The summed E-state index contributed by atoms with van der Waals surface area (Å²) in [6.07, 6.45) is 0.508. The molecule has 0 spiro atoms. The van der Waals surface area contributed by atoms with Gasteiger partial charge in [-0.25, -0.2) is 0 Å². The van der Waals surface area contributed by atoms with Crippen molar-refractivity contribution in [1.82, 2.24) is 4.90 Å². The van der Waals surface area contributed by atoms with Crippen LogP contribution in [0.25, 0.3) is 0 Å². The highest BCUT2D eigenvalue weighted by atomic mass is 35.5. The number of carboxylic acid groups (broad SMARTS) is 1. The molecule has 0 aliphatic heterocycles. The number of carbonyl (C=O) groups is 1. The summed E-state index contributed by atoms with van der Waals surface area (Å²) >= 11 is 5.80. The van der Waals surface area contributed by atoms with Gasteiger partial charge in [0.1, 0.15) is 6.04 Å². The van der Waals surface area contributed by atoms with Crippen LogP contribution in [0.1, 0.15) is 19.4 Å². The van der Waals surface area contributed by atoms with Crippen LogP contribution in [-0.2, 0) is 11.2 Å². The number of rotatable bonds is 6. The van der Waals surface area contributed by atoms with E-state index in [2.05, 4.69) is 0 Å². The van der Waals surface area contributed by atoms with Gasteiger partial charge in [-0.15, -0.1) is 0 Å². The molecule has 94 valence electrons. The molecule has 1 rings (SSSR count). The molecule has 0 amide bonds. The Labute approximate surface area is 107 Å². The molecule has 1 aromatic carbocycles. The molecular weight excluding hydrogens is 238 g/mol. The zero-order chi connectivity index (χ0) is 12.8. The Hall–Kier alpha value is -1.06. The molecular formula is C13H18ClNO2. The number of benzene rings is 1. The number of carboxylic acids is 1. The fourth-order valence-electron chi connectivity index (χ4n) is 1.88. The summed E-state index contributed by atoms with van der Waals surface area (Å²) in [5.74, 6) is -0.774. The number of hydrogen-bond donors (Lipinski definition) is 1. The Balaban J connectivity index is 2.79. The zero-order valence-electron chi connectivity index (χ0n) is 10.2. The molecule has 0 aliphatic carbocycles. The van der Waals surface area contributed by atoms with Crippen LogP contribution in [0.4, 0.5) is 0 Å². The molecule has 0 radical (unpaired) electrons. The molecule has 0 aliphatic rings. The summed E-state index contributed by atoms with van der Waals surface area (Å²) in [7, 11) is 0. The molecule has 1 aromatic rings. The molecule has 0 aromatic heterocycles. The molecule has 0 saturated heterocycles. The normalized spacial score (nSPS) is 12.7. The summed E-state index contributed by atoms with van der Waals surface area (Å²) < 4.78 is 0.